The fraction of sp³-hybridized carbons (Fsp3) is 0.625. The second kappa shape index (κ2) is 6.24. The number of likely N-dealkylation sites (tertiary alicyclic amines) is 1. The van der Waals surface area contributed by atoms with E-state index in [4.69, 9.17) is 5.73 Å². The molecule has 1 heterocycles. The van der Waals surface area contributed by atoms with Crippen LogP contribution in [0.2, 0.25) is 0 Å². The normalized spacial score (nSPS) is 21.4. The quantitative estimate of drug-likeness (QED) is 0.824. The van der Waals surface area contributed by atoms with E-state index in [0.29, 0.717) is 5.92 Å². The number of nitrogens with two attached hydrogens (primary N) is 1. The van der Waals surface area contributed by atoms with E-state index in [9.17, 15) is 0 Å². The first-order valence-corrected chi connectivity index (χ1v) is 7.23. The molecule has 0 amide bonds. The highest BCUT2D eigenvalue weighted by Gasteiger charge is 2.20. The Morgan fingerprint density at radius 3 is 2.67 bits per heavy atom. The lowest BCUT2D eigenvalue weighted by Gasteiger charge is -2.33. The van der Waals surface area contributed by atoms with Gasteiger partial charge in [0.2, 0.25) is 0 Å². The van der Waals surface area contributed by atoms with Crippen LogP contribution in [0.15, 0.2) is 24.3 Å². The minimum atomic E-state index is 0.700. The number of anilines is 1. The molecule has 1 aromatic carbocycles. The van der Waals surface area contributed by atoms with Crippen molar-refractivity contribution in [3.05, 3.63) is 29.8 Å². The molecule has 0 spiro atoms. The lowest BCUT2D eigenvalue weighted by molar-refractivity contribution is 0.198. The van der Waals surface area contributed by atoms with E-state index in [1.165, 1.54) is 44.5 Å². The molecule has 1 unspecified atom stereocenters. The first-order valence-electron chi connectivity index (χ1n) is 7.23. The Balaban J connectivity index is 1.91. The molecule has 1 fully saturated rings. The van der Waals surface area contributed by atoms with Crippen LogP contribution in [-0.2, 0) is 0 Å². The summed E-state index contributed by atoms with van der Waals surface area (Å²) in [6, 6.07) is 8.46. The third kappa shape index (κ3) is 3.74. The molecule has 1 saturated heterocycles. The van der Waals surface area contributed by atoms with Crippen molar-refractivity contribution >= 4 is 5.69 Å². The Morgan fingerprint density at radius 2 is 2.00 bits per heavy atom. The van der Waals surface area contributed by atoms with E-state index in [1.54, 1.807) is 0 Å². The molecule has 2 heteroatoms. The van der Waals surface area contributed by atoms with Gasteiger partial charge in [-0.15, -0.1) is 0 Å². The first-order chi connectivity index (χ1) is 8.65. The van der Waals surface area contributed by atoms with Gasteiger partial charge in [0.15, 0.2) is 0 Å². The van der Waals surface area contributed by atoms with Gasteiger partial charge in [-0.1, -0.05) is 26.0 Å². The molecule has 0 saturated carbocycles. The Labute approximate surface area is 111 Å². The van der Waals surface area contributed by atoms with Crippen LogP contribution in [0.25, 0.3) is 0 Å². The Kier molecular flexibility index (Phi) is 4.65. The maximum Gasteiger partial charge on any atom is 0.0314 e. The van der Waals surface area contributed by atoms with Crippen molar-refractivity contribution in [3.63, 3.8) is 0 Å². The Hall–Kier alpha value is -1.02. The Morgan fingerprint density at radius 1 is 1.28 bits per heavy atom. The van der Waals surface area contributed by atoms with Crippen molar-refractivity contribution < 1.29 is 0 Å². The van der Waals surface area contributed by atoms with Crippen LogP contribution in [-0.4, -0.2) is 24.5 Å². The molecular weight excluding hydrogens is 220 g/mol. The van der Waals surface area contributed by atoms with Crippen molar-refractivity contribution in [3.8, 4) is 0 Å². The van der Waals surface area contributed by atoms with Gasteiger partial charge in [-0.25, -0.2) is 0 Å². The Bertz CT molecular complexity index is 356. The summed E-state index contributed by atoms with van der Waals surface area (Å²) in [5.74, 6) is 1.51. The summed E-state index contributed by atoms with van der Waals surface area (Å²) in [4.78, 5) is 2.63. The third-order valence-electron chi connectivity index (χ3n) is 3.94. The fourth-order valence-electron chi connectivity index (χ4n) is 2.74. The fourth-order valence-corrected chi connectivity index (χ4v) is 2.74. The van der Waals surface area contributed by atoms with Crippen LogP contribution in [0, 0.1) is 5.92 Å². The highest BCUT2D eigenvalue weighted by molar-refractivity contribution is 5.40. The van der Waals surface area contributed by atoms with Crippen LogP contribution in [0.4, 0.5) is 5.69 Å². The number of benzene rings is 1. The zero-order chi connectivity index (χ0) is 13.0. The van der Waals surface area contributed by atoms with Gasteiger partial charge < -0.3 is 10.6 Å². The number of rotatable bonds is 4. The van der Waals surface area contributed by atoms with E-state index in [2.05, 4.69) is 30.9 Å². The van der Waals surface area contributed by atoms with Crippen molar-refractivity contribution in [1.82, 2.24) is 4.90 Å². The van der Waals surface area contributed by atoms with Gasteiger partial charge in [-0.2, -0.15) is 0 Å². The monoisotopic (exact) mass is 246 g/mol. The van der Waals surface area contributed by atoms with Crippen molar-refractivity contribution in [2.45, 2.75) is 39.0 Å². The summed E-state index contributed by atoms with van der Waals surface area (Å²) >= 11 is 0. The molecule has 18 heavy (non-hydrogen) atoms. The lowest BCUT2D eigenvalue weighted by Crippen LogP contribution is -2.35. The van der Waals surface area contributed by atoms with Crippen LogP contribution in [0.5, 0.6) is 0 Å². The maximum absolute atomic E-state index is 5.75. The molecule has 1 aliphatic rings. The van der Waals surface area contributed by atoms with Crippen molar-refractivity contribution in [2.75, 3.05) is 25.4 Å². The molecule has 0 aliphatic carbocycles. The minimum Gasteiger partial charge on any atom is -0.399 e. The smallest absolute Gasteiger partial charge is 0.0314 e. The summed E-state index contributed by atoms with van der Waals surface area (Å²) < 4.78 is 0. The number of hydrogen-bond acceptors (Lipinski definition) is 2. The maximum atomic E-state index is 5.75. The number of nitrogens with zero attached hydrogens (tertiary/aromatic N) is 1. The van der Waals surface area contributed by atoms with Crippen molar-refractivity contribution in [2.24, 2.45) is 5.92 Å². The molecule has 1 aromatic rings. The predicted octanol–water partition coefficient (Wildman–Crippen LogP) is 3.49. The van der Waals surface area contributed by atoms with Gasteiger partial charge in [0.1, 0.15) is 0 Å². The summed E-state index contributed by atoms with van der Waals surface area (Å²) in [5, 5.41) is 0. The predicted molar refractivity (Wildman–Crippen MR) is 78.7 cm³/mol. The second-order valence-electron chi connectivity index (χ2n) is 5.99. The van der Waals surface area contributed by atoms with Gasteiger partial charge in [0.05, 0.1) is 0 Å². The molecule has 2 nitrogen and oxygen atoms in total. The van der Waals surface area contributed by atoms with E-state index in [-0.39, 0.29) is 0 Å². The largest absolute Gasteiger partial charge is 0.399 e. The van der Waals surface area contributed by atoms with E-state index < -0.39 is 0 Å². The molecule has 0 aromatic heterocycles. The average Bonchev–Trinajstić information content (AvgIpc) is 2.37. The minimum absolute atomic E-state index is 0.700. The van der Waals surface area contributed by atoms with E-state index in [0.717, 1.165) is 11.6 Å². The number of hydrogen-bond donors (Lipinski definition) is 1. The second-order valence-corrected chi connectivity index (χ2v) is 5.99. The molecule has 2 N–H and O–H groups in total. The van der Waals surface area contributed by atoms with E-state index in [1.807, 2.05) is 12.1 Å². The lowest BCUT2D eigenvalue weighted by atomic mass is 9.90. The zero-order valence-corrected chi connectivity index (χ0v) is 11.7. The van der Waals surface area contributed by atoms with Crippen molar-refractivity contribution in [1.29, 1.82) is 0 Å². The van der Waals surface area contributed by atoms with E-state index >= 15 is 0 Å². The van der Waals surface area contributed by atoms with Gasteiger partial charge in [-0.05, 0) is 61.9 Å². The highest BCUT2D eigenvalue weighted by Crippen LogP contribution is 2.27. The summed E-state index contributed by atoms with van der Waals surface area (Å²) in [5.41, 5.74) is 8.08. The zero-order valence-electron chi connectivity index (χ0n) is 11.7. The van der Waals surface area contributed by atoms with Crippen LogP contribution >= 0.6 is 0 Å². The third-order valence-corrected chi connectivity index (χ3v) is 3.94. The van der Waals surface area contributed by atoms with Crippen LogP contribution in [0.1, 0.15) is 44.6 Å². The van der Waals surface area contributed by atoms with Gasteiger partial charge in [0, 0.05) is 12.2 Å². The van der Waals surface area contributed by atoms with Gasteiger partial charge in [-0.3, -0.25) is 0 Å². The SMILES string of the molecule is CC(C)CCN1CCCC(c2ccc(N)cc2)C1. The standard InChI is InChI=1S/C16H26N2/c1-13(2)9-11-18-10-3-4-15(12-18)14-5-7-16(17)8-6-14/h5-8,13,15H,3-4,9-12,17H2,1-2H3. The molecule has 0 bridgehead atoms. The molecule has 1 aliphatic heterocycles. The van der Waals surface area contributed by atoms with Crippen LogP contribution in [0.3, 0.4) is 0 Å². The summed E-state index contributed by atoms with van der Waals surface area (Å²) in [6.45, 7) is 8.36. The summed E-state index contributed by atoms with van der Waals surface area (Å²) in [7, 11) is 0. The van der Waals surface area contributed by atoms with Gasteiger partial charge >= 0.3 is 0 Å². The highest BCUT2D eigenvalue weighted by atomic mass is 15.1. The van der Waals surface area contributed by atoms with Gasteiger partial charge in [0.25, 0.3) is 0 Å². The number of nitrogen functional groups attached to an aromatic ring is 1. The average molecular weight is 246 g/mol. The topological polar surface area (TPSA) is 29.3 Å². The number of piperidine rings is 1. The molecular formula is C16H26N2. The molecule has 1 atom stereocenters. The molecule has 2 rings (SSSR count). The summed E-state index contributed by atoms with van der Waals surface area (Å²) in [6.07, 6.45) is 3.96. The van der Waals surface area contributed by atoms with Crippen LogP contribution < -0.4 is 5.73 Å². The molecule has 100 valence electrons. The molecule has 0 radical (unpaired) electrons. The first kappa shape index (κ1) is 13.4.